The van der Waals surface area contributed by atoms with Crippen molar-refractivity contribution in [3.05, 3.63) is 18.5 Å². The molecule has 0 radical (unpaired) electrons. The number of carbonyl (C=O) groups excluding carboxylic acids is 1. The Bertz CT molecular complexity index is 467. The van der Waals surface area contributed by atoms with Crippen LogP contribution in [-0.4, -0.2) is 59.5 Å². The number of nitrogens with one attached hydrogen (secondary N) is 1. The summed E-state index contributed by atoms with van der Waals surface area (Å²) in [5, 5.41) is 3.51. The molecule has 6 heteroatoms. The fraction of sp³-hybridized carbons (Fsp3) is 0.688. The summed E-state index contributed by atoms with van der Waals surface area (Å²) in [6, 6.07) is 2.46. The Morgan fingerprint density at radius 3 is 2.50 bits per heavy atom. The van der Waals surface area contributed by atoms with Gasteiger partial charge in [-0.15, -0.1) is 0 Å². The van der Waals surface area contributed by atoms with E-state index in [2.05, 4.69) is 20.2 Å². The third-order valence-electron chi connectivity index (χ3n) is 4.59. The molecule has 2 aliphatic rings. The van der Waals surface area contributed by atoms with Crippen molar-refractivity contribution in [1.82, 2.24) is 20.2 Å². The number of piperazine rings is 1. The number of nitrogens with zero attached hydrogens (tertiary/aromatic N) is 4. The third-order valence-corrected chi connectivity index (χ3v) is 4.59. The van der Waals surface area contributed by atoms with Crippen LogP contribution < -0.4 is 10.2 Å². The van der Waals surface area contributed by atoms with Crippen molar-refractivity contribution < 1.29 is 4.79 Å². The van der Waals surface area contributed by atoms with Crippen LogP contribution >= 0.6 is 0 Å². The Morgan fingerprint density at radius 2 is 1.82 bits per heavy atom. The zero-order valence-corrected chi connectivity index (χ0v) is 13.1. The lowest BCUT2D eigenvalue weighted by atomic mass is 10.2. The van der Waals surface area contributed by atoms with Gasteiger partial charge < -0.3 is 15.1 Å². The van der Waals surface area contributed by atoms with Crippen LogP contribution in [0, 0.1) is 0 Å². The van der Waals surface area contributed by atoms with Gasteiger partial charge in [-0.05, 0) is 18.9 Å². The fourth-order valence-electron chi connectivity index (χ4n) is 3.28. The van der Waals surface area contributed by atoms with E-state index >= 15 is 0 Å². The second-order valence-electron chi connectivity index (χ2n) is 6.10. The number of rotatable bonds is 5. The summed E-state index contributed by atoms with van der Waals surface area (Å²) in [5.74, 6) is 1.02. The molecule has 1 aromatic heterocycles. The molecule has 120 valence electrons. The van der Waals surface area contributed by atoms with Gasteiger partial charge in [0.05, 0.1) is 0 Å². The standard InChI is InChI=1S/C16H25N5O/c22-15(6-9-17-14-4-1-2-5-14)20-10-12-21(13-11-20)16-18-7-3-8-19-16/h3,7-8,14,17H,1-2,4-6,9-13H2. The van der Waals surface area contributed by atoms with Crippen molar-refractivity contribution >= 4 is 11.9 Å². The Hall–Kier alpha value is -1.69. The van der Waals surface area contributed by atoms with Crippen LogP contribution in [-0.2, 0) is 4.79 Å². The van der Waals surface area contributed by atoms with Crippen molar-refractivity contribution in [2.45, 2.75) is 38.1 Å². The number of aromatic nitrogens is 2. The van der Waals surface area contributed by atoms with E-state index < -0.39 is 0 Å². The largest absolute Gasteiger partial charge is 0.339 e. The highest BCUT2D eigenvalue weighted by atomic mass is 16.2. The van der Waals surface area contributed by atoms with Crippen LogP contribution in [0.2, 0.25) is 0 Å². The summed E-state index contributed by atoms with van der Waals surface area (Å²) in [4.78, 5) is 24.9. The van der Waals surface area contributed by atoms with Gasteiger partial charge in [0.25, 0.3) is 0 Å². The first-order valence-electron chi connectivity index (χ1n) is 8.36. The average molecular weight is 303 g/mol. The van der Waals surface area contributed by atoms with Crippen molar-refractivity contribution in [2.24, 2.45) is 0 Å². The van der Waals surface area contributed by atoms with E-state index in [0.29, 0.717) is 12.5 Å². The maximum atomic E-state index is 12.3. The number of hydrogen-bond donors (Lipinski definition) is 1. The summed E-state index contributed by atoms with van der Waals surface area (Å²) < 4.78 is 0. The van der Waals surface area contributed by atoms with E-state index in [4.69, 9.17) is 0 Å². The van der Waals surface area contributed by atoms with E-state index in [1.807, 2.05) is 11.0 Å². The number of amides is 1. The molecular weight excluding hydrogens is 278 g/mol. The van der Waals surface area contributed by atoms with E-state index in [-0.39, 0.29) is 5.91 Å². The minimum absolute atomic E-state index is 0.263. The molecule has 2 heterocycles. The number of hydrogen-bond acceptors (Lipinski definition) is 5. The zero-order valence-electron chi connectivity index (χ0n) is 13.1. The number of anilines is 1. The van der Waals surface area contributed by atoms with Gasteiger partial charge >= 0.3 is 0 Å². The summed E-state index contributed by atoms with van der Waals surface area (Å²) in [6.45, 7) is 3.96. The molecule has 1 aromatic rings. The van der Waals surface area contributed by atoms with Crippen molar-refractivity contribution in [1.29, 1.82) is 0 Å². The van der Waals surface area contributed by atoms with Gasteiger partial charge in [0, 0.05) is 57.6 Å². The van der Waals surface area contributed by atoms with E-state index in [1.54, 1.807) is 12.4 Å². The molecule has 0 spiro atoms. The van der Waals surface area contributed by atoms with Gasteiger partial charge in [0.2, 0.25) is 11.9 Å². The molecule has 1 amide bonds. The Balaban J connectivity index is 1.38. The maximum Gasteiger partial charge on any atom is 0.225 e. The van der Waals surface area contributed by atoms with Gasteiger partial charge in [0.1, 0.15) is 0 Å². The topological polar surface area (TPSA) is 61.4 Å². The predicted octanol–water partition coefficient (Wildman–Crippen LogP) is 1.05. The Labute approximate surface area is 131 Å². The van der Waals surface area contributed by atoms with Gasteiger partial charge in [-0.2, -0.15) is 0 Å². The van der Waals surface area contributed by atoms with Crippen molar-refractivity contribution in [2.75, 3.05) is 37.6 Å². The average Bonchev–Trinajstić information content (AvgIpc) is 3.09. The SMILES string of the molecule is O=C(CCNC1CCCC1)N1CCN(c2ncccn2)CC1. The fourth-order valence-corrected chi connectivity index (χ4v) is 3.28. The molecule has 22 heavy (non-hydrogen) atoms. The molecule has 1 aliphatic heterocycles. The maximum absolute atomic E-state index is 12.3. The van der Waals surface area contributed by atoms with E-state index in [1.165, 1.54) is 25.7 Å². The third kappa shape index (κ3) is 3.94. The number of carbonyl (C=O) groups is 1. The van der Waals surface area contributed by atoms with E-state index in [0.717, 1.165) is 38.7 Å². The molecule has 1 saturated heterocycles. The summed E-state index contributed by atoms with van der Waals surface area (Å²) in [5.41, 5.74) is 0. The highest BCUT2D eigenvalue weighted by Gasteiger charge is 2.22. The zero-order chi connectivity index (χ0) is 15.2. The smallest absolute Gasteiger partial charge is 0.225 e. The molecule has 2 fully saturated rings. The Kier molecular flexibility index (Phi) is 5.21. The second kappa shape index (κ2) is 7.54. The van der Waals surface area contributed by atoms with Crippen LogP contribution in [0.15, 0.2) is 18.5 Å². The lowest BCUT2D eigenvalue weighted by Crippen LogP contribution is -2.49. The van der Waals surface area contributed by atoms with Gasteiger partial charge in [0.15, 0.2) is 0 Å². The van der Waals surface area contributed by atoms with Crippen LogP contribution in [0.5, 0.6) is 0 Å². The highest BCUT2D eigenvalue weighted by Crippen LogP contribution is 2.17. The molecule has 0 unspecified atom stereocenters. The molecule has 0 aromatic carbocycles. The monoisotopic (exact) mass is 303 g/mol. The molecule has 0 bridgehead atoms. The van der Waals surface area contributed by atoms with Crippen LogP contribution in [0.1, 0.15) is 32.1 Å². The van der Waals surface area contributed by atoms with Crippen LogP contribution in [0.25, 0.3) is 0 Å². The molecule has 6 nitrogen and oxygen atoms in total. The minimum atomic E-state index is 0.263. The minimum Gasteiger partial charge on any atom is -0.339 e. The quantitative estimate of drug-likeness (QED) is 0.881. The van der Waals surface area contributed by atoms with Gasteiger partial charge in [-0.1, -0.05) is 12.8 Å². The molecule has 0 atom stereocenters. The first-order valence-corrected chi connectivity index (χ1v) is 8.36. The van der Waals surface area contributed by atoms with Crippen molar-refractivity contribution in [3.8, 4) is 0 Å². The molecule has 1 N–H and O–H groups in total. The normalized spacial score (nSPS) is 19.6. The summed E-state index contributed by atoms with van der Waals surface area (Å²) in [7, 11) is 0. The van der Waals surface area contributed by atoms with Crippen molar-refractivity contribution in [3.63, 3.8) is 0 Å². The molecule has 1 saturated carbocycles. The van der Waals surface area contributed by atoms with Gasteiger partial charge in [-0.25, -0.2) is 9.97 Å². The first-order chi connectivity index (χ1) is 10.8. The molecular formula is C16H25N5O. The Morgan fingerprint density at radius 1 is 1.14 bits per heavy atom. The van der Waals surface area contributed by atoms with Crippen LogP contribution in [0.3, 0.4) is 0 Å². The second-order valence-corrected chi connectivity index (χ2v) is 6.10. The van der Waals surface area contributed by atoms with E-state index in [9.17, 15) is 4.79 Å². The summed E-state index contributed by atoms with van der Waals surface area (Å²) >= 11 is 0. The molecule has 1 aliphatic carbocycles. The lowest BCUT2D eigenvalue weighted by Gasteiger charge is -2.34. The predicted molar refractivity (Wildman–Crippen MR) is 85.7 cm³/mol. The highest BCUT2D eigenvalue weighted by molar-refractivity contribution is 5.76. The lowest BCUT2D eigenvalue weighted by molar-refractivity contribution is -0.131. The van der Waals surface area contributed by atoms with Gasteiger partial charge in [-0.3, -0.25) is 4.79 Å². The first kappa shape index (κ1) is 15.2. The van der Waals surface area contributed by atoms with Crippen LogP contribution in [0.4, 0.5) is 5.95 Å². The summed E-state index contributed by atoms with van der Waals surface area (Å²) in [6.07, 6.45) is 9.32. The molecule has 3 rings (SSSR count).